The van der Waals surface area contributed by atoms with E-state index in [1.54, 1.807) is 19.2 Å². The summed E-state index contributed by atoms with van der Waals surface area (Å²) in [6.07, 6.45) is 2.00. The maximum Gasteiger partial charge on any atom is 0.215 e. The molecule has 0 bridgehead atoms. The van der Waals surface area contributed by atoms with E-state index >= 15 is 0 Å². The lowest BCUT2D eigenvalue weighted by Gasteiger charge is -2.19. The van der Waals surface area contributed by atoms with Crippen molar-refractivity contribution in [2.45, 2.75) is 25.4 Å². The maximum atomic E-state index is 12.2. The Morgan fingerprint density at radius 1 is 1.37 bits per heavy atom. The van der Waals surface area contributed by atoms with Crippen molar-refractivity contribution in [1.82, 2.24) is 9.62 Å². The summed E-state index contributed by atoms with van der Waals surface area (Å²) in [6, 6.07) is 7.34. The SMILES string of the molecule is CN(Cc1ccc(Cl)cc1)S(=O)(=O)CC1CCCN1. The average molecular weight is 303 g/mol. The van der Waals surface area contributed by atoms with E-state index in [0.29, 0.717) is 11.6 Å². The highest BCUT2D eigenvalue weighted by Crippen LogP contribution is 2.14. The Hall–Kier alpha value is -0.620. The van der Waals surface area contributed by atoms with Gasteiger partial charge in [0.15, 0.2) is 0 Å². The van der Waals surface area contributed by atoms with Crippen molar-refractivity contribution in [2.75, 3.05) is 19.3 Å². The minimum absolute atomic E-state index is 0.0951. The molecule has 6 heteroatoms. The molecule has 0 aliphatic carbocycles. The van der Waals surface area contributed by atoms with Crippen LogP contribution < -0.4 is 5.32 Å². The van der Waals surface area contributed by atoms with Crippen molar-refractivity contribution >= 4 is 21.6 Å². The number of hydrogen-bond donors (Lipinski definition) is 1. The Balaban J connectivity index is 1.97. The predicted molar refractivity (Wildman–Crippen MR) is 77.7 cm³/mol. The Kier molecular flexibility index (Phi) is 4.84. The van der Waals surface area contributed by atoms with Gasteiger partial charge in [0.1, 0.15) is 0 Å². The molecule has 1 heterocycles. The minimum Gasteiger partial charge on any atom is -0.313 e. The van der Waals surface area contributed by atoms with E-state index in [2.05, 4.69) is 5.32 Å². The molecule has 0 radical (unpaired) electrons. The third-order valence-electron chi connectivity index (χ3n) is 3.37. The minimum atomic E-state index is -3.21. The molecule has 1 saturated heterocycles. The van der Waals surface area contributed by atoms with Crippen molar-refractivity contribution in [3.8, 4) is 0 Å². The van der Waals surface area contributed by atoms with E-state index in [1.807, 2.05) is 12.1 Å². The standard InChI is InChI=1S/C13H19ClN2O2S/c1-16(9-11-4-6-12(14)7-5-11)19(17,18)10-13-3-2-8-15-13/h4-7,13,15H,2-3,8-10H2,1H3. The van der Waals surface area contributed by atoms with Gasteiger partial charge in [-0.25, -0.2) is 12.7 Å². The van der Waals surface area contributed by atoms with E-state index in [4.69, 9.17) is 11.6 Å². The molecule has 1 aromatic rings. The molecule has 19 heavy (non-hydrogen) atoms. The van der Waals surface area contributed by atoms with Crippen molar-refractivity contribution in [2.24, 2.45) is 0 Å². The zero-order chi connectivity index (χ0) is 13.9. The number of benzene rings is 1. The molecule has 1 unspecified atom stereocenters. The normalized spacial score (nSPS) is 20.1. The smallest absolute Gasteiger partial charge is 0.215 e. The van der Waals surface area contributed by atoms with E-state index < -0.39 is 10.0 Å². The highest BCUT2D eigenvalue weighted by atomic mass is 35.5. The first-order chi connectivity index (χ1) is 8.97. The summed E-state index contributed by atoms with van der Waals surface area (Å²) < 4.78 is 25.8. The van der Waals surface area contributed by atoms with Gasteiger partial charge in [-0.05, 0) is 37.1 Å². The fraction of sp³-hybridized carbons (Fsp3) is 0.538. The van der Waals surface area contributed by atoms with Gasteiger partial charge in [0.2, 0.25) is 10.0 Å². The number of sulfonamides is 1. The highest BCUT2D eigenvalue weighted by Gasteiger charge is 2.25. The topological polar surface area (TPSA) is 49.4 Å². The largest absolute Gasteiger partial charge is 0.313 e. The quantitative estimate of drug-likeness (QED) is 0.903. The molecule has 0 aromatic heterocycles. The third-order valence-corrected chi connectivity index (χ3v) is 5.52. The fourth-order valence-electron chi connectivity index (χ4n) is 2.23. The van der Waals surface area contributed by atoms with Gasteiger partial charge in [0, 0.05) is 24.7 Å². The van der Waals surface area contributed by atoms with Gasteiger partial charge >= 0.3 is 0 Å². The highest BCUT2D eigenvalue weighted by molar-refractivity contribution is 7.89. The first kappa shape index (κ1) is 14.8. The molecule has 1 aliphatic rings. The van der Waals surface area contributed by atoms with Gasteiger partial charge in [-0.15, -0.1) is 0 Å². The molecule has 1 aromatic carbocycles. The van der Waals surface area contributed by atoms with Crippen LogP contribution in [-0.2, 0) is 16.6 Å². The summed E-state index contributed by atoms with van der Waals surface area (Å²) in [4.78, 5) is 0. The Labute approximate surface area is 119 Å². The third kappa shape index (κ3) is 4.18. The summed E-state index contributed by atoms with van der Waals surface area (Å²) >= 11 is 5.81. The first-order valence-electron chi connectivity index (χ1n) is 6.39. The van der Waals surface area contributed by atoms with Crippen LogP contribution in [0.2, 0.25) is 5.02 Å². The van der Waals surface area contributed by atoms with E-state index in [9.17, 15) is 8.42 Å². The molecule has 0 saturated carbocycles. The maximum absolute atomic E-state index is 12.2. The molecule has 1 fully saturated rings. The molecule has 0 spiro atoms. The van der Waals surface area contributed by atoms with Crippen molar-refractivity contribution < 1.29 is 8.42 Å². The van der Waals surface area contributed by atoms with Gasteiger partial charge in [-0.2, -0.15) is 0 Å². The van der Waals surface area contributed by atoms with E-state index in [1.165, 1.54) is 4.31 Å². The summed E-state index contributed by atoms with van der Waals surface area (Å²) in [5.74, 6) is 0.178. The van der Waals surface area contributed by atoms with Gasteiger partial charge in [-0.1, -0.05) is 23.7 Å². The zero-order valence-corrected chi connectivity index (χ0v) is 12.5. The molecule has 1 N–H and O–H groups in total. The lowest BCUT2D eigenvalue weighted by Crippen LogP contribution is -2.37. The van der Waals surface area contributed by atoms with Gasteiger partial charge in [0.05, 0.1) is 5.75 Å². The van der Waals surface area contributed by atoms with Crippen LogP contribution in [0.25, 0.3) is 0 Å². The molecule has 0 amide bonds. The van der Waals surface area contributed by atoms with Crippen molar-refractivity contribution in [3.63, 3.8) is 0 Å². The number of nitrogens with one attached hydrogen (secondary N) is 1. The molecule has 1 aliphatic heterocycles. The molecule has 4 nitrogen and oxygen atoms in total. The van der Waals surface area contributed by atoms with Crippen LogP contribution in [0.4, 0.5) is 0 Å². The second-order valence-corrected chi connectivity index (χ2v) is 7.51. The Bertz CT molecular complexity index is 510. The van der Waals surface area contributed by atoms with Gasteiger partial charge in [-0.3, -0.25) is 0 Å². The van der Waals surface area contributed by atoms with Crippen molar-refractivity contribution in [3.05, 3.63) is 34.9 Å². The Morgan fingerprint density at radius 2 is 2.05 bits per heavy atom. The lowest BCUT2D eigenvalue weighted by atomic mass is 10.2. The van der Waals surface area contributed by atoms with Crippen LogP contribution in [0.15, 0.2) is 24.3 Å². The molecular weight excluding hydrogens is 284 g/mol. The van der Waals surface area contributed by atoms with Crippen LogP contribution >= 0.6 is 11.6 Å². The average Bonchev–Trinajstić information content (AvgIpc) is 2.84. The summed E-state index contributed by atoms with van der Waals surface area (Å²) in [5.41, 5.74) is 0.940. The predicted octanol–water partition coefficient (Wildman–Crippen LogP) is 1.85. The monoisotopic (exact) mass is 302 g/mol. The van der Waals surface area contributed by atoms with Crippen LogP contribution in [0.1, 0.15) is 18.4 Å². The van der Waals surface area contributed by atoms with E-state index in [-0.39, 0.29) is 11.8 Å². The first-order valence-corrected chi connectivity index (χ1v) is 8.38. The van der Waals surface area contributed by atoms with Gasteiger partial charge < -0.3 is 5.32 Å². The van der Waals surface area contributed by atoms with Gasteiger partial charge in [0.25, 0.3) is 0 Å². The van der Waals surface area contributed by atoms with E-state index in [0.717, 1.165) is 24.9 Å². The van der Waals surface area contributed by atoms with Crippen LogP contribution in [0, 0.1) is 0 Å². The molecule has 106 valence electrons. The summed E-state index contributed by atoms with van der Waals surface area (Å²) in [7, 11) is -1.59. The lowest BCUT2D eigenvalue weighted by molar-refractivity contribution is 0.459. The number of nitrogens with zero attached hydrogens (tertiary/aromatic N) is 1. The summed E-state index contributed by atoms with van der Waals surface area (Å²) in [5, 5.41) is 3.87. The zero-order valence-electron chi connectivity index (χ0n) is 11.0. The number of rotatable bonds is 5. The molecular formula is C13H19ClN2O2S. The van der Waals surface area contributed by atoms with Crippen LogP contribution in [0.5, 0.6) is 0 Å². The fourth-order valence-corrected chi connectivity index (χ4v) is 3.74. The molecule has 2 rings (SSSR count). The second-order valence-electron chi connectivity index (χ2n) is 4.95. The molecule has 1 atom stereocenters. The number of halogens is 1. The van der Waals surface area contributed by atoms with Crippen LogP contribution in [-0.4, -0.2) is 38.1 Å². The van der Waals surface area contributed by atoms with Crippen molar-refractivity contribution in [1.29, 1.82) is 0 Å². The van der Waals surface area contributed by atoms with Crippen LogP contribution in [0.3, 0.4) is 0 Å². The summed E-state index contributed by atoms with van der Waals surface area (Å²) in [6.45, 7) is 1.30. The Morgan fingerprint density at radius 3 is 2.63 bits per heavy atom. The number of hydrogen-bond acceptors (Lipinski definition) is 3. The second kappa shape index (κ2) is 6.22.